The Morgan fingerprint density at radius 2 is 0.937 bits per heavy atom. The number of nitrogens with one attached hydrogen (secondary N) is 10. The van der Waals surface area contributed by atoms with E-state index in [1.165, 1.54) is 55.2 Å². The van der Waals surface area contributed by atoms with Crippen LogP contribution in [0.2, 0.25) is 5.02 Å². The van der Waals surface area contributed by atoms with E-state index in [2.05, 4.69) is 97.1 Å². The van der Waals surface area contributed by atoms with Crippen LogP contribution < -0.4 is 57.9 Å². The lowest BCUT2D eigenvalue weighted by molar-refractivity contribution is -0.122. The molecule has 1 aliphatic heterocycles. The number of thiophene rings is 1. The van der Waals surface area contributed by atoms with Gasteiger partial charge in [0.25, 0.3) is 35.4 Å². The minimum atomic E-state index is -0.643. The molecule has 0 saturated carbocycles. The van der Waals surface area contributed by atoms with Crippen LogP contribution in [-0.4, -0.2) is 246 Å². The molecule has 40 nitrogen and oxygen atoms in total. The van der Waals surface area contributed by atoms with Crippen molar-refractivity contribution in [2.45, 2.75) is 65.3 Å². The Balaban J connectivity index is 0.461. The van der Waals surface area contributed by atoms with Gasteiger partial charge < -0.3 is 114 Å². The molecule has 0 spiro atoms. The van der Waals surface area contributed by atoms with Gasteiger partial charge in [-0.15, -0.1) is 21.5 Å². The predicted molar refractivity (Wildman–Crippen MR) is 470 cm³/mol. The van der Waals surface area contributed by atoms with Crippen LogP contribution in [0.15, 0.2) is 115 Å². The highest BCUT2D eigenvalue weighted by Crippen LogP contribution is 2.40. The fourth-order valence-electron chi connectivity index (χ4n) is 13.3. The number of benzene rings is 2. The third-order valence-electron chi connectivity index (χ3n) is 19.9. The number of anilines is 6. The highest BCUT2D eigenvalue weighted by molar-refractivity contribution is 7.15. The number of aliphatic imine (C=N–C) groups is 1. The van der Waals surface area contributed by atoms with Gasteiger partial charge in [-0.25, -0.2) is 15.0 Å². The Bertz CT molecular complexity index is 5520. The number of aryl methyl sites for hydroxylation is 8. The second-order valence-corrected chi connectivity index (χ2v) is 31.2. The number of rotatable bonds is 48. The summed E-state index contributed by atoms with van der Waals surface area (Å²) in [5.41, 5.74) is 6.09. The van der Waals surface area contributed by atoms with Crippen LogP contribution in [-0.2, 0) is 85.1 Å². The Morgan fingerprint density at radius 1 is 0.468 bits per heavy atom. The first-order chi connectivity index (χ1) is 60.6. The van der Waals surface area contributed by atoms with Crippen LogP contribution in [0.1, 0.15) is 141 Å². The minimum Gasteiger partial charge on any atom is -0.491 e. The van der Waals surface area contributed by atoms with Crippen molar-refractivity contribution in [3.8, 4) is 10.8 Å². The molecule has 0 bridgehead atoms. The summed E-state index contributed by atoms with van der Waals surface area (Å²) < 4.78 is 44.9. The highest BCUT2D eigenvalue weighted by atomic mass is 35.5. The average molecular weight is 1770 g/mol. The number of halogens is 1. The predicted octanol–water partition coefficient (Wildman–Crippen LogP) is 6.43. The summed E-state index contributed by atoms with van der Waals surface area (Å²) in [6, 6.07) is 18.6. The number of hydrogen-bond acceptors (Lipinski definition) is 24. The van der Waals surface area contributed by atoms with E-state index in [0.717, 1.165) is 51.1 Å². The van der Waals surface area contributed by atoms with Crippen molar-refractivity contribution in [1.82, 2.24) is 83.3 Å². The first kappa shape index (κ1) is 93.7. The molecule has 8 aromatic heterocycles. The number of carbonyl (C=O) groups excluding carboxylic acids is 10. The van der Waals surface area contributed by atoms with Gasteiger partial charge >= 0.3 is 0 Å². The van der Waals surface area contributed by atoms with Gasteiger partial charge in [0.1, 0.15) is 46.3 Å². The third kappa shape index (κ3) is 26.5. The molecule has 42 heteroatoms. The normalized spacial score (nSPS) is 12.2. The van der Waals surface area contributed by atoms with Gasteiger partial charge in [0.05, 0.1) is 95.3 Å². The number of carbonyl (C=O) groups is 10. The molecule has 1 unspecified atom stereocenters. The number of hydrogen-bond donors (Lipinski definition) is 10. The summed E-state index contributed by atoms with van der Waals surface area (Å²) in [5.74, 6) is -2.15. The van der Waals surface area contributed by atoms with Crippen molar-refractivity contribution in [3.63, 3.8) is 0 Å². The van der Waals surface area contributed by atoms with Gasteiger partial charge in [-0.3, -0.25) is 57.5 Å². The Labute approximate surface area is 735 Å². The molecule has 1 aliphatic rings. The van der Waals surface area contributed by atoms with Crippen LogP contribution >= 0.6 is 22.9 Å². The first-order valence-electron chi connectivity index (χ1n) is 40.8. The van der Waals surface area contributed by atoms with Gasteiger partial charge in [-0.1, -0.05) is 23.7 Å². The zero-order valence-electron chi connectivity index (χ0n) is 71.8. The monoisotopic (exact) mass is 1770 g/mol. The maximum atomic E-state index is 13.6. The molecular weight excluding hydrogens is 1670 g/mol. The third-order valence-corrected chi connectivity index (χ3v) is 21.3. The van der Waals surface area contributed by atoms with Crippen molar-refractivity contribution < 1.29 is 76.4 Å². The van der Waals surface area contributed by atoms with Crippen molar-refractivity contribution in [2.24, 2.45) is 47.3 Å². The van der Waals surface area contributed by atoms with Gasteiger partial charge in [0.2, 0.25) is 35.3 Å². The van der Waals surface area contributed by atoms with E-state index in [0.29, 0.717) is 131 Å². The van der Waals surface area contributed by atoms with E-state index in [1.54, 1.807) is 112 Å². The number of nitrogens with zero attached hydrogens (tertiary/aromatic N) is 14. The molecule has 2 aromatic carbocycles. The number of aromatic nitrogens is 12. The van der Waals surface area contributed by atoms with E-state index in [4.69, 9.17) is 45.0 Å². The smallest absolute Gasteiger partial charge is 0.291 e. The van der Waals surface area contributed by atoms with Gasteiger partial charge in [0.15, 0.2) is 23.3 Å². The maximum absolute atomic E-state index is 13.6. The van der Waals surface area contributed by atoms with E-state index in [-0.39, 0.29) is 109 Å². The quantitative estimate of drug-likeness (QED) is 0.0184. The molecule has 10 N–H and O–H groups in total. The SMILES string of the molecule is Cc1sc2c(c1C)C(c1ccc(Cl)cc1)=NC(CC(=O)Nc1ccc(OCCOCCOCCOCCOCCOCCC(=O)NCCCN(C)CCCNC(=O)c3cc(NC(=O)c4nc(NC(=O)CCNC(=O)c5cc(NC(=O)c6nc(NC(=O)CCNC(=O)c7cc(NC(=O)c8nccn8C)cn7C)cn6C)cn5C)cn4C)cn3C)cc1)c1nnc(C)n1-2. The van der Waals surface area contributed by atoms with E-state index in [9.17, 15) is 47.9 Å². The highest BCUT2D eigenvalue weighted by Gasteiger charge is 2.33. The lowest BCUT2D eigenvalue weighted by atomic mass is 9.99. The molecule has 10 amide bonds. The zero-order chi connectivity index (χ0) is 89.9. The summed E-state index contributed by atoms with van der Waals surface area (Å²) in [6.45, 7) is 12.3. The molecular formula is C84H105ClN24O16S. The molecule has 0 saturated heterocycles. The summed E-state index contributed by atoms with van der Waals surface area (Å²) in [6.07, 6.45) is 12.1. The molecule has 670 valence electrons. The number of fused-ring (bicyclic) bond motifs is 3. The zero-order valence-corrected chi connectivity index (χ0v) is 73.4. The Kier molecular flexibility index (Phi) is 33.9. The lowest BCUT2D eigenvalue weighted by Gasteiger charge is -2.17. The van der Waals surface area contributed by atoms with E-state index < -0.39 is 47.4 Å². The molecule has 11 rings (SSSR count). The van der Waals surface area contributed by atoms with Crippen LogP contribution in [0, 0.1) is 20.8 Å². The van der Waals surface area contributed by atoms with Gasteiger partial charge in [-0.05, 0) is 114 Å². The minimum absolute atomic E-state index is 0.0306. The molecule has 9 heterocycles. The number of ether oxygens (including phenoxy) is 6. The lowest BCUT2D eigenvalue weighted by Crippen LogP contribution is -2.31. The topological polar surface area (TPSA) is 461 Å². The van der Waals surface area contributed by atoms with Crippen LogP contribution in [0.3, 0.4) is 0 Å². The van der Waals surface area contributed by atoms with Crippen molar-refractivity contribution in [2.75, 3.05) is 151 Å². The summed E-state index contributed by atoms with van der Waals surface area (Å²) >= 11 is 7.92. The van der Waals surface area contributed by atoms with Crippen LogP contribution in [0.25, 0.3) is 5.00 Å². The first-order valence-corrected chi connectivity index (χ1v) is 42.0. The Morgan fingerprint density at radius 3 is 1.43 bits per heavy atom. The summed E-state index contributed by atoms with van der Waals surface area (Å²) in [5, 5.41) is 38.1. The van der Waals surface area contributed by atoms with E-state index in [1.807, 2.05) is 42.8 Å². The summed E-state index contributed by atoms with van der Waals surface area (Å²) in [4.78, 5) is 152. The standard InChI is InChI=1S/C84H105ClN24O16S/c1-52-53(2)126-84-72(52)73(55-13-15-56(85)16-14-55)95-62(74-101-100-54(3)109(74)84)46-71(113)91-57-17-19-61(20-18-57)125-42-41-124-40-39-123-38-37-122-36-35-121-34-33-120-32-23-68(110)86-24-11-29-102(4)30-12-25-88-78(114)63-44-59(48-104(63)6)93-82(118)76-98-66(50-107(76)9)96-70(112)22-27-90-80(116)65-45-60(49-106(65)8)94-83(119)77-99-67(51-108(77)10)97-69(111)21-26-89-79(115)64-43-58(47-105(64)7)92-81(117)75-87-28-31-103(75)5/h13-20,28,31,43-45,47-51,62H,11-12,21-27,29-30,32-42,46H2,1-10H3,(H,86,110)(H,88,114)(H,89,115)(H,90,116)(H,91,113)(H,92,117)(H,93,118)(H,94,119)(H,96,112)(H,97,111). The van der Waals surface area contributed by atoms with Crippen molar-refractivity contribution in [1.29, 1.82) is 0 Å². The van der Waals surface area contributed by atoms with Crippen LogP contribution in [0.5, 0.6) is 5.75 Å². The Hall–Kier alpha value is -13.0. The molecule has 0 fully saturated rings. The number of amides is 10. The second-order valence-electron chi connectivity index (χ2n) is 29.6. The summed E-state index contributed by atoms with van der Waals surface area (Å²) in [7, 11) is 11.7. The van der Waals surface area contributed by atoms with Crippen molar-refractivity contribution in [3.05, 3.63) is 183 Å². The second kappa shape index (κ2) is 45.6. The molecule has 10 aromatic rings. The van der Waals surface area contributed by atoms with Crippen molar-refractivity contribution >= 4 is 122 Å². The molecule has 0 aliphatic carbocycles. The van der Waals surface area contributed by atoms with Gasteiger partial charge in [-0.2, -0.15) is 0 Å². The van der Waals surface area contributed by atoms with E-state index >= 15 is 0 Å². The average Bonchev–Trinajstić information content (AvgIpc) is 1.59. The molecule has 126 heavy (non-hydrogen) atoms. The van der Waals surface area contributed by atoms with Gasteiger partial charge in [0, 0.05) is 158 Å². The molecule has 0 radical (unpaired) electrons. The maximum Gasteiger partial charge on any atom is 0.291 e. The number of imidazole rings is 3. The fourth-order valence-corrected chi connectivity index (χ4v) is 14.6. The fraction of sp³-hybridized carbons (Fsp3) is 0.405. The van der Waals surface area contributed by atoms with Crippen LogP contribution in [0.4, 0.5) is 34.4 Å². The molecule has 1 atom stereocenters. The largest absolute Gasteiger partial charge is 0.491 e.